The molecule has 0 radical (unpaired) electrons. The lowest BCUT2D eigenvalue weighted by Gasteiger charge is -1.95. The van der Waals surface area contributed by atoms with E-state index in [2.05, 4.69) is 49.6 Å². The fourth-order valence-electron chi connectivity index (χ4n) is 1.69. The molecule has 0 aliphatic carbocycles. The second-order valence-electron chi connectivity index (χ2n) is 3.29. The fraction of sp³-hybridized carbons (Fsp3) is 0.385. The van der Waals surface area contributed by atoms with Crippen LogP contribution in [0.25, 0.3) is 5.52 Å². The van der Waals surface area contributed by atoms with Crippen molar-refractivity contribution < 1.29 is 0 Å². The third kappa shape index (κ3) is 1.54. The highest BCUT2D eigenvalue weighted by atomic mass is 14.9. The van der Waals surface area contributed by atoms with Crippen molar-refractivity contribution in [1.82, 2.24) is 4.40 Å². The summed E-state index contributed by atoms with van der Waals surface area (Å²) < 4.78 is 2.24. The summed E-state index contributed by atoms with van der Waals surface area (Å²) in [7, 11) is 0. The van der Waals surface area contributed by atoms with Gasteiger partial charge in [-0.2, -0.15) is 0 Å². The fourth-order valence-corrected chi connectivity index (χ4v) is 1.69. The predicted octanol–water partition coefficient (Wildman–Crippen LogP) is 3.89. The molecule has 1 heteroatoms. The Morgan fingerprint density at radius 3 is 2.14 bits per heavy atom. The number of rotatable bonds is 0. The normalized spacial score (nSPS) is 9.79. The topological polar surface area (TPSA) is 4.41 Å². The molecule has 0 saturated carbocycles. The van der Waals surface area contributed by atoms with Gasteiger partial charge in [-0.05, 0) is 44.0 Å². The molecule has 2 rings (SSSR count). The molecule has 2 heterocycles. The molecule has 0 fully saturated rings. The van der Waals surface area contributed by atoms with Gasteiger partial charge in [0.25, 0.3) is 0 Å². The molecule has 0 atom stereocenters. The van der Waals surface area contributed by atoms with Crippen molar-refractivity contribution in [2.24, 2.45) is 0 Å². The molecule has 0 spiro atoms. The SMILES string of the molecule is CC.Cc1c(C)c2ccccn2c1C. The molecule has 0 bridgehead atoms. The highest BCUT2D eigenvalue weighted by molar-refractivity contribution is 5.60. The minimum absolute atomic E-state index is 1.33. The van der Waals surface area contributed by atoms with Crippen molar-refractivity contribution >= 4 is 5.52 Å². The van der Waals surface area contributed by atoms with Crippen LogP contribution in [0.5, 0.6) is 0 Å². The third-order valence-corrected chi connectivity index (χ3v) is 2.71. The van der Waals surface area contributed by atoms with Gasteiger partial charge in [-0.3, -0.25) is 0 Å². The Hall–Kier alpha value is -1.24. The summed E-state index contributed by atoms with van der Waals surface area (Å²) in [6.45, 7) is 10.5. The second-order valence-corrected chi connectivity index (χ2v) is 3.29. The van der Waals surface area contributed by atoms with Crippen LogP contribution in [0, 0.1) is 20.8 Å². The summed E-state index contributed by atoms with van der Waals surface area (Å²) in [5.74, 6) is 0. The van der Waals surface area contributed by atoms with E-state index in [0.717, 1.165) is 0 Å². The summed E-state index contributed by atoms with van der Waals surface area (Å²) in [5, 5.41) is 0. The Balaban J connectivity index is 0.000000461. The Kier molecular flexibility index (Phi) is 3.34. The quantitative estimate of drug-likeness (QED) is 0.592. The summed E-state index contributed by atoms with van der Waals surface area (Å²) in [5.41, 5.74) is 5.48. The summed E-state index contributed by atoms with van der Waals surface area (Å²) in [6.07, 6.45) is 2.12. The lowest BCUT2D eigenvalue weighted by molar-refractivity contribution is 1.09. The minimum Gasteiger partial charge on any atom is -0.321 e. The molecule has 2 aromatic heterocycles. The Bertz CT molecular complexity index is 385. The predicted molar refractivity (Wildman–Crippen MR) is 63.0 cm³/mol. The van der Waals surface area contributed by atoms with Gasteiger partial charge in [-0.25, -0.2) is 0 Å². The van der Waals surface area contributed by atoms with Gasteiger partial charge in [-0.15, -0.1) is 0 Å². The maximum atomic E-state index is 2.24. The average molecular weight is 189 g/mol. The van der Waals surface area contributed by atoms with E-state index in [0.29, 0.717) is 0 Å². The van der Waals surface area contributed by atoms with Crippen LogP contribution in [-0.4, -0.2) is 4.40 Å². The number of aryl methyl sites for hydroxylation is 2. The Morgan fingerprint density at radius 1 is 0.929 bits per heavy atom. The first-order valence-electron chi connectivity index (χ1n) is 5.24. The minimum atomic E-state index is 1.33. The lowest BCUT2D eigenvalue weighted by atomic mass is 10.2. The number of fused-ring (bicyclic) bond motifs is 1. The van der Waals surface area contributed by atoms with E-state index >= 15 is 0 Å². The number of pyridine rings is 1. The van der Waals surface area contributed by atoms with Crippen molar-refractivity contribution in [3.8, 4) is 0 Å². The van der Waals surface area contributed by atoms with Crippen LogP contribution in [0.2, 0.25) is 0 Å². The molecule has 2 aromatic rings. The first-order valence-corrected chi connectivity index (χ1v) is 5.24. The molecule has 0 saturated heterocycles. The van der Waals surface area contributed by atoms with Gasteiger partial charge in [0, 0.05) is 17.4 Å². The smallest absolute Gasteiger partial charge is 0.0484 e. The Labute approximate surface area is 86.4 Å². The molecule has 0 aliphatic rings. The van der Waals surface area contributed by atoms with E-state index in [1.165, 1.54) is 22.3 Å². The molecule has 0 aliphatic heterocycles. The largest absolute Gasteiger partial charge is 0.321 e. The molecular weight excluding hydrogens is 170 g/mol. The van der Waals surface area contributed by atoms with Crippen molar-refractivity contribution in [3.05, 3.63) is 41.2 Å². The standard InChI is InChI=1S/C11H13N.C2H6/c1-8-9(2)11-6-4-5-7-12(11)10(8)3;1-2/h4-7H,1-3H3;1-2H3. The van der Waals surface area contributed by atoms with E-state index in [1.54, 1.807) is 0 Å². The number of nitrogens with zero attached hydrogens (tertiary/aromatic N) is 1. The van der Waals surface area contributed by atoms with Gasteiger partial charge < -0.3 is 4.40 Å². The van der Waals surface area contributed by atoms with Gasteiger partial charge in [0.15, 0.2) is 0 Å². The molecule has 0 N–H and O–H groups in total. The maximum Gasteiger partial charge on any atom is 0.0484 e. The third-order valence-electron chi connectivity index (χ3n) is 2.71. The van der Waals surface area contributed by atoms with Crippen LogP contribution in [0.15, 0.2) is 24.4 Å². The van der Waals surface area contributed by atoms with Crippen molar-refractivity contribution in [2.75, 3.05) is 0 Å². The monoisotopic (exact) mass is 189 g/mol. The van der Waals surface area contributed by atoms with Gasteiger partial charge in [0.2, 0.25) is 0 Å². The first kappa shape index (κ1) is 10.8. The first-order chi connectivity index (χ1) is 6.72. The lowest BCUT2D eigenvalue weighted by Crippen LogP contribution is -1.84. The van der Waals surface area contributed by atoms with Crippen molar-refractivity contribution in [2.45, 2.75) is 34.6 Å². The highest BCUT2D eigenvalue weighted by Crippen LogP contribution is 2.20. The number of hydrogen-bond donors (Lipinski definition) is 0. The van der Waals surface area contributed by atoms with Crippen LogP contribution in [0.4, 0.5) is 0 Å². The van der Waals surface area contributed by atoms with Crippen LogP contribution in [-0.2, 0) is 0 Å². The molecule has 1 nitrogen and oxygen atoms in total. The van der Waals surface area contributed by atoms with Crippen molar-refractivity contribution in [1.29, 1.82) is 0 Å². The molecule has 76 valence electrons. The maximum absolute atomic E-state index is 2.24. The zero-order valence-corrected chi connectivity index (χ0v) is 9.76. The zero-order valence-electron chi connectivity index (χ0n) is 9.76. The van der Waals surface area contributed by atoms with Gasteiger partial charge in [0.05, 0.1) is 0 Å². The number of aromatic nitrogens is 1. The van der Waals surface area contributed by atoms with Gasteiger partial charge in [-0.1, -0.05) is 19.9 Å². The van der Waals surface area contributed by atoms with E-state index in [4.69, 9.17) is 0 Å². The molecule has 0 aromatic carbocycles. The van der Waals surface area contributed by atoms with Crippen LogP contribution in [0.3, 0.4) is 0 Å². The summed E-state index contributed by atoms with van der Waals surface area (Å²) in [4.78, 5) is 0. The highest BCUT2D eigenvalue weighted by Gasteiger charge is 2.05. The zero-order chi connectivity index (χ0) is 10.7. The number of hydrogen-bond acceptors (Lipinski definition) is 0. The van der Waals surface area contributed by atoms with Crippen molar-refractivity contribution in [3.63, 3.8) is 0 Å². The van der Waals surface area contributed by atoms with E-state index in [9.17, 15) is 0 Å². The summed E-state index contributed by atoms with van der Waals surface area (Å²) in [6, 6.07) is 6.31. The molecule has 0 unspecified atom stereocenters. The second kappa shape index (κ2) is 4.32. The van der Waals surface area contributed by atoms with E-state index in [-0.39, 0.29) is 0 Å². The van der Waals surface area contributed by atoms with Gasteiger partial charge >= 0.3 is 0 Å². The Morgan fingerprint density at radius 2 is 1.57 bits per heavy atom. The van der Waals surface area contributed by atoms with Crippen LogP contribution < -0.4 is 0 Å². The van der Waals surface area contributed by atoms with Gasteiger partial charge in [0.1, 0.15) is 0 Å². The van der Waals surface area contributed by atoms with Crippen LogP contribution in [0.1, 0.15) is 30.7 Å². The molecule has 0 amide bonds. The van der Waals surface area contributed by atoms with E-state index in [1.807, 2.05) is 13.8 Å². The van der Waals surface area contributed by atoms with E-state index < -0.39 is 0 Å². The van der Waals surface area contributed by atoms with Crippen LogP contribution >= 0.6 is 0 Å². The average Bonchev–Trinajstić information content (AvgIpc) is 2.48. The molecular formula is C13H19N. The summed E-state index contributed by atoms with van der Waals surface area (Å²) >= 11 is 0. The molecule has 14 heavy (non-hydrogen) atoms.